The zero-order valence-corrected chi connectivity index (χ0v) is 18.1. The topological polar surface area (TPSA) is 75.9 Å². The first kappa shape index (κ1) is 19.6. The van der Waals surface area contributed by atoms with Crippen molar-refractivity contribution >= 4 is 33.3 Å². The first-order chi connectivity index (χ1) is 14.0. The number of nitrogens with one attached hydrogen (secondary N) is 1. The smallest absolute Gasteiger partial charge is 0.229 e. The molecule has 1 saturated heterocycles. The van der Waals surface area contributed by atoms with Crippen LogP contribution in [0.1, 0.15) is 24.2 Å². The quantitative estimate of drug-likeness (QED) is 0.646. The number of amides is 1. The molecule has 1 fully saturated rings. The van der Waals surface area contributed by atoms with Crippen molar-refractivity contribution in [3.05, 3.63) is 58.6 Å². The van der Waals surface area contributed by atoms with E-state index in [4.69, 9.17) is 0 Å². The minimum atomic E-state index is -0.0881. The molecule has 1 N–H and O–H groups in total. The van der Waals surface area contributed by atoms with Crippen LogP contribution in [0.15, 0.2) is 47.2 Å². The van der Waals surface area contributed by atoms with Gasteiger partial charge in [-0.3, -0.25) is 4.79 Å². The van der Waals surface area contributed by atoms with Gasteiger partial charge in [0.1, 0.15) is 12.1 Å². The number of benzene rings is 1. The van der Waals surface area contributed by atoms with E-state index in [0.29, 0.717) is 6.54 Å². The molecule has 1 atom stereocenters. The average Bonchev–Trinajstić information content (AvgIpc) is 3.06. The largest absolute Gasteiger partial charge is 0.356 e. The summed E-state index contributed by atoms with van der Waals surface area (Å²) in [7, 11) is 0. The van der Waals surface area contributed by atoms with E-state index in [0.717, 1.165) is 52.6 Å². The van der Waals surface area contributed by atoms with Crippen molar-refractivity contribution < 1.29 is 4.79 Å². The highest BCUT2D eigenvalue weighted by atomic mass is 79.9. The molecule has 29 heavy (non-hydrogen) atoms. The van der Waals surface area contributed by atoms with Gasteiger partial charge < -0.3 is 10.2 Å². The summed E-state index contributed by atoms with van der Waals surface area (Å²) in [5.74, 6) is 1.51. The van der Waals surface area contributed by atoms with Crippen LogP contribution in [0.3, 0.4) is 0 Å². The molecule has 1 amide bonds. The Morgan fingerprint density at radius 3 is 2.76 bits per heavy atom. The molecule has 0 spiro atoms. The SMILES string of the molecule is Cc1cc(C)n(-c2cc(N3CCCC(C(=O)Nc4cccc(Br)c4)C3)ncn2)n1. The zero-order valence-electron chi connectivity index (χ0n) is 16.5. The molecule has 8 heteroatoms. The fraction of sp³-hybridized carbons (Fsp3) is 0.333. The van der Waals surface area contributed by atoms with Crippen LogP contribution < -0.4 is 10.2 Å². The Balaban J connectivity index is 1.49. The van der Waals surface area contributed by atoms with Crippen LogP contribution in [0, 0.1) is 19.8 Å². The Morgan fingerprint density at radius 1 is 1.17 bits per heavy atom. The van der Waals surface area contributed by atoms with Crippen molar-refractivity contribution in [2.45, 2.75) is 26.7 Å². The third kappa shape index (κ3) is 4.48. The summed E-state index contributed by atoms with van der Waals surface area (Å²) < 4.78 is 2.76. The number of carbonyl (C=O) groups is 1. The number of aryl methyl sites for hydroxylation is 2. The number of carbonyl (C=O) groups excluding carboxylic acids is 1. The van der Waals surface area contributed by atoms with Gasteiger partial charge in [-0.15, -0.1) is 0 Å². The summed E-state index contributed by atoms with van der Waals surface area (Å²) in [6, 6.07) is 11.6. The van der Waals surface area contributed by atoms with Gasteiger partial charge in [-0.25, -0.2) is 14.6 Å². The van der Waals surface area contributed by atoms with Crippen molar-refractivity contribution in [2.24, 2.45) is 5.92 Å². The summed E-state index contributed by atoms with van der Waals surface area (Å²) in [5, 5.41) is 7.53. The van der Waals surface area contributed by atoms with Gasteiger partial charge in [-0.1, -0.05) is 22.0 Å². The van der Waals surface area contributed by atoms with Crippen LogP contribution in [0.2, 0.25) is 0 Å². The van der Waals surface area contributed by atoms with Gasteiger partial charge in [-0.2, -0.15) is 5.10 Å². The fourth-order valence-electron chi connectivity index (χ4n) is 3.70. The highest BCUT2D eigenvalue weighted by Gasteiger charge is 2.27. The lowest BCUT2D eigenvalue weighted by Gasteiger charge is -2.33. The molecule has 1 unspecified atom stereocenters. The summed E-state index contributed by atoms with van der Waals surface area (Å²) in [4.78, 5) is 23.8. The lowest BCUT2D eigenvalue weighted by Crippen LogP contribution is -2.41. The number of piperidine rings is 1. The Bertz CT molecular complexity index is 1030. The lowest BCUT2D eigenvalue weighted by molar-refractivity contribution is -0.120. The minimum absolute atomic E-state index is 0.0422. The number of halogens is 1. The maximum atomic E-state index is 12.8. The van der Waals surface area contributed by atoms with E-state index in [2.05, 4.69) is 41.2 Å². The molecule has 0 saturated carbocycles. The number of anilines is 2. The first-order valence-electron chi connectivity index (χ1n) is 9.66. The summed E-state index contributed by atoms with van der Waals surface area (Å²) in [6.45, 7) is 5.47. The molecule has 1 aliphatic heterocycles. The summed E-state index contributed by atoms with van der Waals surface area (Å²) >= 11 is 3.44. The van der Waals surface area contributed by atoms with Crippen molar-refractivity contribution in [1.82, 2.24) is 19.7 Å². The highest BCUT2D eigenvalue weighted by molar-refractivity contribution is 9.10. The third-order valence-electron chi connectivity index (χ3n) is 5.07. The molecule has 4 rings (SSSR count). The second-order valence-corrected chi connectivity index (χ2v) is 8.27. The second-order valence-electron chi connectivity index (χ2n) is 7.36. The minimum Gasteiger partial charge on any atom is -0.356 e. The zero-order chi connectivity index (χ0) is 20.4. The van der Waals surface area contributed by atoms with Gasteiger partial charge in [0, 0.05) is 35.0 Å². The maximum Gasteiger partial charge on any atom is 0.229 e. The van der Waals surface area contributed by atoms with Crippen LogP contribution >= 0.6 is 15.9 Å². The number of aromatic nitrogens is 4. The summed E-state index contributed by atoms with van der Waals surface area (Å²) in [6.07, 6.45) is 3.37. The molecule has 1 aromatic carbocycles. The number of nitrogens with zero attached hydrogens (tertiary/aromatic N) is 5. The maximum absolute atomic E-state index is 12.8. The van der Waals surface area contributed by atoms with E-state index in [-0.39, 0.29) is 11.8 Å². The van der Waals surface area contributed by atoms with E-state index in [1.807, 2.05) is 54.9 Å². The summed E-state index contributed by atoms with van der Waals surface area (Å²) in [5.41, 5.74) is 2.78. The molecule has 7 nitrogen and oxygen atoms in total. The predicted molar refractivity (Wildman–Crippen MR) is 116 cm³/mol. The van der Waals surface area contributed by atoms with Crippen LogP contribution in [0.4, 0.5) is 11.5 Å². The number of rotatable bonds is 4. The monoisotopic (exact) mass is 454 g/mol. The average molecular weight is 455 g/mol. The Morgan fingerprint density at radius 2 is 2.00 bits per heavy atom. The first-order valence-corrected chi connectivity index (χ1v) is 10.5. The molecule has 150 valence electrons. The predicted octanol–water partition coefficient (Wildman–Crippen LogP) is 3.90. The molecular weight excluding hydrogens is 432 g/mol. The van der Waals surface area contributed by atoms with Crippen molar-refractivity contribution in [2.75, 3.05) is 23.3 Å². The van der Waals surface area contributed by atoms with E-state index in [1.165, 1.54) is 0 Å². The fourth-order valence-corrected chi connectivity index (χ4v) is 4.10. The van der Waals surface area contributed by atoms with E-state index < -0.39 is 0 Å². The molecule has 3 heterocycles. The van der Waals surface area contributed by atoms with Crippen LogP contribution in [0.5, 0.6) is 0 Å². The third-order valence-corrected chi connectivity index (χ3v) is 5.57. The van der Waals surface area contributed by atoms with Crippen LogP contribution in [-0.2, 0) is 4.79 Å². The molecular formula is C21H23BrN6O. The molecule has 0 radical (unpaired) electrons. The number of hydrogen-bond donors (Lipinski definition) is 1. The van der Waals surface area contributed by atoms with Gasteiger partial charge in [0.2, 0.25) is 5.91 Å². The Labute approximate surface area is 178 Å². The Hall–Kier alpha value is -2.74. The van der Waals surface area contributed by atoms with Gasteiger partial charge in [0.05, 0.1) is 11.6 Å². The molecule has 0 aliphatic carbocycles. The van der Waals surface area contributed by atoms with Crippen molar-refractivity contribution in [3.8, 4) is 5.82 Å². The standard InChI is InChI=1S/C21H23BrN6O/c1-14-9-15(2)28(26-14)20-11-19(23-13-24-20)27-8-4-5-16(12-27)21(29)25-18-7-3-6-17(22)10-18/h3,6-7,9-11,13,16H,4-5,8,12H2,1-2H3,(H,25,29). The molecule has 1 aliphatic rings. The van der Waals surface area contributed by atoms with E-state index in [1.54, 1.807) is 6.33 Å². The van der Waals surface area contributed by atoms with Crippen LogP contribution in [-0.4, -0.2) is 38.7 Å². The van der Waals surface area contributed by atoms with E-state index >= 15 is 0 Å². The normalized spacial score (nSPS) is 16.7. The molecule has 2 aromatic heterocycles. The van der Waals surface area contributed by atoms with Crippen molar-refractivity contribution in [3.63, 3.8) is 0 Å². The highest BCUT2D eigenvalue weighted by Crippen LogP contribution is 2.24. The van der Waals surface area contributed by atoms with Crippen LogP contribution in [0.25, 0.3) is 5.82 Å². The molecule has 0 bridgehead atoms. The molecule has 3 aromatic rings. The van der Waals surface area contributed by atoms with Crippen molar-refractivity contribution in [1.29, 1.82) is 0 Å². The Kier molecular flexibility index (Phi) is 5.62. The van der Waals surface area contributed by atoms with Gasteiger partial charge in [0.25, 0.3) is 0 Å². The number of hydrogen-bond acceptors (Lipinski definition) is 5. The van der Waals surface area contributed by atoms with Gasteiger partial charge >= 0.3 is 0 Å². The lowest BCUT2D eigenvalue weighted by atomic mass is 9.97. The van der Waals surface area contributed by atoms with Gasteiger partial charge in [-0.05, 0) is 51.0 Å². The van der Waals surface area contributed by atoms with E-state index in [9.17, 15) is 4.79 Å². The van der Waals surface area contributed by atoms with Gasteiger partial charge in [0.15, 0.2) is 5.82 Å². The second kappa shape index (κ2) is 8.32.